The molecular weight excluding hydrogens is 210 g/mol. The van der Waals surface area contributed by atoms with Gasteiger partial charge in [-0.1, -0.05) is 12.2 Å². The summed E-state index contributed by atoms with van der Waals surface area (Å²) in [5.74, 6) is 0. The van der Waals surface area contributed by atoms with E-state index < -0.39 is 15.6 Å². The van der Waals surface area contributed by atoms with Crippen molar-refractivity contribution in [1.29, 1.82) is 0 Å². The normalized spacial score (nSPS) is 24.2. The van der Waals surface area contributed by atoms with Gasteiger partial charge in [0.05, 0.1) is 5.25 Å². The highest BCUT2D eigenvalue weighted by molar-refractivity contribution is 7.90. The van der Waals surface area contributed by atoms with Crippen LogP contribution < -0.4 is 4.72 Å². The van der Waals surface area contributed by atoms with Gasteiger partial charge in [0.2, 0.25) is 10.0 Å². The average Bonchev–Trinajstić information content (AvgIpc) is 1.99. The van der Waals surface area contributed by atoms with Gasteiger partial charge < -0.3 is 0 Å². The minimum atomic E-state index is -3.18. The molecule has 3 nitrogen and oxygen atoms in total. The fourth-order valence-electron chi connectivity index (χ4n) is 1.88. The van der Waals surface area contributed by atoms with Crippen molar-refractivity contribution < 1.29 is 8.42 Å². The molecule has 88 valence electrons. The third kappa shape index (κ3) is 3.95. The summed E-state index contributed by atoms with van der Waals surface area (Å²) in [5, 5.41) is -0.280. The number of allylic oxidation sites excluding steroid dienone is 1. The maximum atomic E-state index is 12.0. The van der Waals surface area contributed by atoms with Gasteiger partial charge in [-0.3, -0.25) is 0 Å². The molecule has 0 heterocycles. The van der Waals surface area contributed by atoms with E-state index in [1.165, 1.54) is 0 Å². The predicted molar refractivity (Wildman–Crippen MR) is 63.2 cm³/mol. The number of nitrogens with one attached hydrogen (secondary N) is 1. The lowest BCUT2D eigenvalue weighted by atomic mass is 9.96. The van der Waals surface area contributed by atoms with Gasteiger partial charge in [-0.25, -0.2) is 13.1 Å². The van der Waals surface area contributed by atoms with Gasteiger partial charge in [0.25, 0.3) is 0 Å². The molecule has 0 saturated heterocycles. The van der Waals surface area contributed by atoms with Gasteiger partial charge in [-0.2, -0.15) is 0 Å². The zero-order valence-electron chi connectivity index (χ0n) is 9.84. The summed E-state index contributed by atoms with van der Waals surface area (Å²) >= 11 is 0. The summed E-state index contributed by atoms with van der Waals surface area (Å²) in [5.41, 5.74) is 0.669. The first-order valence-electron chi connectivity index (χ1n) is 5.40. The second kappa shape index (κ2) is 4.26. The van der Waals surface area contributed by atoms with Crippen LogP contribution in [0.3, 0.4) is 0 Å². The Morgan fingerprint density at radius 1 is 1.40 bits per heavy atom. The highest BCUT2D eigenvalue weighted by Crippen LogP contribution is 2.27. The van der Waals surface area contributed by atoms with Gasteiger partial charge in [-0.05, 0) is 46.5 Å². The smallest absolute Gasteiger partial charge is 0.212 e. The Labute approximate surface area is 93.0 Å². The molecule has 0 aromatic rings. The van der Waals surface area contributed by atoms with Crippen LogP contribution in [0.25, 0.3) is 0 Å². The monoisotopic (exact) mass is 231 g/mol. The van der Waals surface area contributed by atoms with E-state index in [1.807, 2.05) is 20.8 Å². The van der Waals surface area contributed by atoms with E-state index in [9.17, 15) is 8.42 Å². The Morgan fingerprint density at radius 3 is 2.47 bits per heavy atom. The molecule has 1 aliphatic carbocycles. The van der Waals surface area contributed by atoms with Crippen molar-refractivity contribution in [2.45, 2.75) is 57.2 Å². The molecule has 0 amide bonds. The van der Waals surface area contributed by atoms with Gasteiger partial charge >= 0.3 is 0 Å². The van der Waals surface area contributed by atoms with E-state index in [-0.39, 0.29) is 5.25 Å². The zero-order valence-corrected chi connectivity index (χ0v) is 10.7. The van der Waals surface area contributed by atoms with Gasteiger partial charge in [-0.15, -0.1) is 0 Å². The molecule has 1 unspecified atom stereocenters. The molecule has 0 aromatic heterocycles. The molecule has 1 fully saturated rings. The zero-order chi connectivity index (χ0) is 11.7. The van der Waals surface area contributed by atoms with Gasteiger partial charge in [0.1, 0.15) is 0 Å². The molecular formula is C11H21NO2S. The molecule has 1 saturated carbocycles. The highest BCUT2D eigenvalue weighted by Gasteiger charge is 2.31. The topological polar surface area (TPSA) is 46.2 Å². The van der Waals surface area contributed by atoms with Crippen LogP contribution in [0.15, 0.2) is 12.2 Å². The summed E-state index contributed by atoms with van der Waals surface area (Å²) in [7, 11) is -3.18. The van der Waals surface area contributed by atoms with Crippen LogP contribution >= 0.6 is 0 Å². The van der Waals surface area contributed by atoms with E-state index in [4.69, 9.17) is 0 Å². The Balaban J connectivity index is 2.73. The van der Waals surface area contributed by atoms with Gasteiger partial charge in [0.15, 0.2) is 0 Å². The molecule has 0 aromatic carbocycles. The molecule has 15 heavy (non-hydrogen) atoms. The molecule has 0 bridgehead atoms. The minimum absolute atomic E-state index is 0.280. The quantitative estimate of drug-likeness (QED) is 0.741. The van der Waals surface area contributed by atoms with Crippen LogP contribution in [0.2, 0.25) is 0 Å². The molecule has 4 heteroatoms. The Bertz CT molecular complexity index is 338. The number of sulfonamides is 1. The van der Waals surface area contributed by atoms with Crippen molar-refractivity contribution in [3.63, 3.8) is 0 Å². The van der Waals surface area contributed by atoms with E-state index in [2.05, 4.69) is 11.3 Å². The number of rotatable bonds is 2. The second-order valence-electron chi connectivity index (χ2n) is 5.37. The molecule has 0 aliphatic heterocycles. The van der Waals surface area contributed by atoms with Crippen LogP contribution in [0, 0.1) is 0 Å². The van der Waals surface area contributed by atoms with E-state index >= 15 is 0 Å². The minimum Gasteiger partial charge on any atom is -0.212 e. The molecule has 1 rings (SSSR count). The molecule has 1 N–H and O–H groups in total. The Hall–Kier alpha value is -0.350. The van der Waals surface area contributed by atoms with Crippen molar-refractivity contribution in [3.05, 3.63) is 12.2 Å². The lowest BCUT2D eigenvalue weighted by Crippen LogP contribution is -2.46. The fourth-order valence-corrected chi connectivity index (χ4v) is 3.83. The van der Waals surface area contributed by atoms with E-state index in [1.54, 1.807) is 0 Å². The fraction of sp³-hybridized carbons (Fsp3) is 0.818. The summed E-state index contributed by atoms with van der Waals surface area (Å²) in [6.07, 6.45) is 3.28. The van der Waals surface area contributed by atoms with Crippen molar-refractivity contribution in [3.8, 4) is 0 Å². The molecule has 0 spiro atoms. The van der Waals surface area contributed by atoms with Crippen molar-refractivity contribution in [1.82, 2.24) is 4.72 Å². The Kier molecular flexibility index (Phi) is 3.61. The lowest BCUT2D eigenvalue weighted by molar-refractivity contribution is 0.471. The van der Waals surface area contributed by atoms with Crippen LogP contribution in [-0.4, -0.2) is 19.2 Å². The first-order chi connectivity index (χ1) is 6.71. The summed E-state index contributed by atoms with van der Waals surface area (Å²) < 4.78 is 26.7. The third-order valence-electron chi connectivity index (χ3n) is 2.46. The van der Waals surface area contributed by atoms with Gasteiger partial charge in [0, 0.05) is 5.54 Å². The number of hydrogen-bond acceptors (Lipinski definition) is 2. The first kappa shape index (κ1) is 12.7. The predicted octanol–water partition coefficient (Wildman–Crippen LogP) is 2.20. The maximum absolute atomic E-state index is 12.0. The van der Waals surface area contributed by atoms with Crippen molar-refractivity contribution in [2.75, 3.05) is 0 Å². The molecule has 0 radical (unpaired) electrons. The van der Waals surface area contributed by atoms with Crippen LogP contribution in [-0.2, 0) is 10.0 Å². The summed E-state index contributed by atoms with van der Waals surface area (Å²) in [6, 6.07) is 0. The first-order valence-corrected chi connectivity index (χ1v) is 6.95. The number of hydrogen-bond donors (Lipinski definition) is 1. The largest absolute Gasteiger partial charge is 0.215 e. The lowest BCUT2D eigenvalue weighted by Gasteiger charge is -2.28. The van der Waals surface area contributed by atoms with E-state index in [0.29, 0.717) is 6.42 Å². The average molecular weight is 231 g/mol. The van der Waals surface area contributed by atoms with Crippen LogP contribution in [0.4, 0.5) is 0 Å². The molecule has 1 atom stereocenters. The van der Waals surface area contributed by atoms with Crippen LogP contribution in [0.5, 0.6) is 0 Å². The standard InChI is InChI=1S/C11H21NO2S/c1-9-6-5-7-10(8-9)15(13,14)12-11(2,3)4/h10,12H,1,5-8H2,2-4H3. The maximum Gasteiger partial charge on any atom is 0.215 e. The molecule has 1 aliphatic rings. The highest BCUT2D eigenvalue weighted by atomic mass is 32.2. The van der Waals surface area contributed by atoms with E-state index in [0.717, 1.165) is 24.8 Å². The van der Waals surface area contributed by atoms with Crippen LogP contribution in [0.1, 0.15) is 46.5 Å². The van der Waals surface area contributed by atoms with Crippen molar-refractivity contribution in [2.24, 2.45) is 0 Å². The van der Waals surface area contributed by atoms with Crippen molar-refractivity contribution >= 4 is 10.0 Å². The Morgan fingerprint density at radius 2 is 2.00 bits per heavy atom. The summed E-state index contributed by atoms with van der Waals surface area (Å²) in [4.78, 5) is 0. The summed E-state index contributed by atoms with van der Waals surface area (Å²) in [6.45, 7) is 9.47. The second-order valence-corrected chi connectivity index (χ2v) is 7.33. The SMILES string of the molecule is C=C1CCCC(S(=O)(=O)NC(C)(C)C)C1. The third-order valence-corrected chi connectivity index (χ3v) is 4.64.